The van der Waals surface area contributed by atoms with Gasteiger partial charge in [0.2, 0.25) is 5.91 Å². The quantitative estimate of drug-likeness (QED) is 0.456. The van der Waals surface area contributed by atoms with Crippen molar-refractivity contribution in [2.45, 2.75) is 49.1 Å². The first kappa shape index (κ1) is 20.9. The molecule has 1 atom stereocenters. The molecule has 8 heteroatoms. The SMILES string of the molecule is C[C@@H](Sc1nc2ccccc2c(=O)n1-c1ccc(F)c(Cl)c1)C(=O)NC1CCCC1. The summed E-state index contributed by atoms with van der Waals surface area (Å²) in [6, 6.07) is 11.3. The first-order chi connectivity index (χ1) is 14.4. The van der Waals surface area contributed by atoms with Crippen molar-refractivity contribution in [2.24, 2.45) is 0 Å². The second-order valence-electron chi connectivity index (χ2n) is 7.40. The van der Waals surface area contributed by atoms with E-state index in [1.54, 1.807) is 31.2 Å². The van der Waals surface area contributed by atoms with Gasteiger partial charge in [-0.15, -0.1) is 0 Å². The molecule has 2 aromatic carbocycles. The van der Waals surface area contributed by atoms with Gasteiger partial charge in [0.1, 0.15) is 5.82 Å². The Labute approximate surface area is 182 Å². The lowest BCUT2D eigenvalue weighted by molar-refractivity contribution is -0.120. The van der Waals surface area contributed by atoms with Crippen LogP contribution in [0.15, 0.2) is 52.4 Å². The summed E-state index contributed by atoms with van der Waals surface area (Å²) < 4.78 is 15.1. The monoisotopic (exact) mass is 445 g/mol. The van der Waals surface area contributed by atoms with Gasteiger partial charge in [0.05, 0.1) is 26.9 Å². The minimum absolute atomic E-state index is 0.0852. The molecule has 1 aromatic heterocycles. The molecule has 0 spiro atoms. The number of rotatable bonds is 5. The predicted molar refractivity (Wildman–Crippen MR) is 118 cm³/mol. The zero-order chi connectivity index (χ0) is 21.3. The van der Waals surface area contributed by atoms with Gasteiger partial charge in [-0.2, -0.15) is 0 Å². The molecule has 3 aromatic rings. The lowest BCUT2D eigenvalue weighted by Crippen LogP contribution is -2.38. The van der Waals surface area contributed by atoms with Gasteiger partial charge in [-0.05, 0) is 50.1 Å². The van der Waals surface area contributed by atoms with Gasteiger partial charge in [-0.1, -0.05) is 48.3 Å². The number of thioether (sulfide) groups is 1. The highest BCUT2D eigenvalue weighted by Gasteiger charge is 2.24. The van der Waals surface area contributed by atoms with E-state index in [0.29, 0.717) is 21.7 Å². The van der Waals surface area contributed by atoms with Crippen LogP contribution in [-0.2, 0) is 4.79 Å². The van der Waals surface area contributed by atoms with Gasteiger partial charge in [0.15, 0.2) is 5.16 Å². The summed E-state index contributed by atoms with van der Waals surface area (Å²) in [5.41, 5.74) is 0.641. The summed E-state index contributed by atoms with van der Waals surface area (Å²) in [5, 5.41) is 3.33. The molecule has 1 aliphatic rings. The average molecular weight is 446 g/mol. The van der Waals surface area contributed by atoms with Gasteiger partial charge in [0.25, 0.3) is 5.56 Å². The summed E-state index contributed by atoms with van der Waals surface area (Å²) in [7, 11) is 0. The van der Waals surface area contributed by atoms with Crippen LogP contribution in [0.3, 0.4) is 0 Å². The molecule has 156 valence electrons. The summed E-state index contributed by atoms with van der Waals surface area (Å²) in [6.07, 6.45) is 4.25. The summed E-state index contributed by atoms with van der Waals surface area (Å²) in [5.74, 6) is -0.654. The Bertz CT molecular complexity index is 1160. The van der Waals surface area contributed by atoms with Gasteiger partial charge in [-0.3, -0.25) is 14.2 Å². The van der Waals surface area contributed by atoms with E-state index < -0.39 is 11.1 Å². The molecule has 1 saturated carbocycles. The maximum absolute atomic E-state index is 13.7. The van der Waals surface area contributed by atoms with Crippen LogP contribution in [0.25, 0.3) is 16.6 Å². The van der Waals surface area contributed by atoms with Crippen LogP contribution < -0.4 is 10.9 Å². The molecule has 4 rings (SSSR count). The van der Waals surface area contributed by atoms with Crippen LogP contribution in [0.2, 0.25) is 5.02 Å². The first-order valence-electron chi connectivity index (χ1n) is 9.88. The second kappa shape index (κ2) is 8.78. The number of fused-ring (bicyclic) bond motifs is 1. The van der Waals surface area contributed by atoms with Crippen molar-refractivity contribution in [1.29, 1.82) is 0 Å². The zero-order valence-corrected chi connectivity index (χ0v) is 18.0. The average Bonchev–Trinajstić information content (AvgIpc) is 3.23. The van der Waals surface area contributed by atoms with Gasteiger partial charge in [0, 0.05) is 6.04 Å². The number of hydrogen-bond acceptors (Lipinski definition) is 4. The van der Waals surface area contributed by atoms with E-state index in [1.807, 2.05) is 0 Å². The third kappa shape index (κ3) is 4.23. The predicted octanol–water partition coefficient (Wildman–Crippen LogP) is 4.72. The van der Waals surface area contributed by atoms with E-state index in [-0.39, 0.29) is 22.5 Å². The number of nitrogens with zero attached hydrogens (tertiary/aromatic N) is 2. The highest BCUT2D eigenvalue weighted by molar-refractivity contribution is 8.00. The number of benzene rings is 2. The molecule has 0 aliphatic heterocycles. The standard InChI is InChI=1S/C22H21ClFN3O2S/c1-13(20(28)25-14-6-2-3-7-14)30-22-26-19-9-5-4-8-16(19)21(29)27(22)15-10-11-18(24)17(23)12-15/h4-5,8-14H,2-3,6-7H2,1H3,(H,25,28)/t13-/m1/s1. The van der Waals surface area contributed by atoms with E-state index in [4.69, 9.17) is 11.6 Å². The minimum atomic E-state index is -0.569. The van der Waals surface area contributed by atoms with Crippen molar-refractivity contribution in [3.63, 3.8) is 0 Å². The van der Waals surface area contributed by atoms with Gasteiger partial charge in [-0.25, -0.2) is 9.37 Å². The topological polar surface area (TPSA) is 64.0 Å². The summed E-state index contributed by atoms with van der Waals surface area (Å²) >= 11 is 7.15. The fourth-order valence-corrected chi connectivity index (χ4v) is 4.75. The number of aromatic nitrogens is 2. The Kier molecular flexibility index (Phi) is 6.11. The number of nitrogens with one attached hydrogen (secondary N) is 1. The smallest absolute Gasteiger partial charge is 0.266 e. The molecular formula is C22H21ClFN3O2S. The highest BCUT2D eigenvalue weighted by Crippen LogP contribution is 2.27. The number of hydrogen-bond donors (Lipinski definition) is 1. The first-order valence-corrected chi connectivity index (χ1v) is 11.1. The number of halogens is 2. The maximum atomic E-state index is 13.7. The van der Waals surface area contributed by atoms with Crippen molar-refractivity contribution in [3.05, 3.63) is 63.7 Å². The molecule has 1 heterocycles. The zero-order valence-electron chi connectivity index (χ0n) is 16.4. The number of para-hydroxylation sites is 1. The Morgan fingerprint density at radius 3 is 2.73 bits per heavy atom. The van der Waals surface area contributed by atoms with Crippen LogP contribution in [0.1, 0.15) is 32.6 Å². The van der Waals surface area contributed by atoms with Crippen molar-refractivity contribution in [2.75, 3.05) is 0 Å². The van der Waals surface area contributed by atoms with Gasteiger partial charge < -0.3 is 5.32 Å². The number of carbonyl (C=O) groups is 1. The Morgan fingerprint density at radius 1 is 1.27 bits per heavy atom. The Hall–Kier alpha value is -2.38. The minimum Gasteiger partial charge on any atom is -0.352 e. The van der Waals surface area contributed by atoms with Gasteiger partial charge >= 0.3 is 0 Å². The number of amides is 1. The Balaban J connectivity index is 1.74. The van der Waals surface area contributed by atoms with Crippen LogP contribution in [0.5, 0.6) is 0 Å². The van der Waals surface area contributed by atoms with E-state index >= 15 is 0 Å². The van der Waals surface area contributed by atoms with Crippen LogP contribution in [0, 0.1) is 5.82 Å². The largest absolute Gasteiger partial charge is 0.352 e. The van der Waals surface area contributed by atoms with E-state index in [9.17, 15) is 14.0 Å². The molecule has 1 N–H and O–H groups in total. The lowest BCUT2D eigenvalue weighted by Gasteiger charge is -2.18. The molecule has 0 bridgehead atoms. The molecule has 30 heavy (non-hydrogen) atoms. The maximum Gasteiger partial charge on any atom is 0.266 e. The normalized spacial score (nSPS) is 15.4. The van der Waals surface area contributed by atoms with Crippen LogP contribution in [-0.4, -0.2) is 26.8 Å². The molecule has 0 saturated heterocycles. The molecular weight excluding hydrogens is 425 g/mol. The molecule has 0 unspecified atom stereocenters. The van der Waals surface area contributed by atoms with E-state index in [0.717, 1.165) is 25.7 Å². The van der Waals surface area contributed by atoms with Crippen LogP contribution in [0.4, 0.5) is 4.39 Å². The second-order valence-corrected chi connectivity index (χ2v) is 9.12. The van der Waals surface area contributed by atoms with Crippen molar-refractivity contribution < 1.29 is 9.18 Å². The third-order valence-corrected chi connectivity index (χ3v) is 6.60. The number of carbonyl (C=O) groups excluding carboxylic acids is 1. The fourth-order valence-electron chi connectivity index (χ4n) is 3.64. The van der Waals surface area contributed by atoms with Crippen molar-refractivity contribution in [1.82, 2.24) is 14.9 Å². The summed E-state index contributed by atoms with van der Waals surface area (Å²) in [4.78, 5) is 30.6. The third-order valence-electron chi connectivity index (χ3n) is 5.26. The molecule has 0 radical (unpaired) electrons. The fraction of sp³-hybridized carbons (Fsp3) is 0.318. The molecule has 1 fully saturated rings. The van der Waals surface area contributed by atoms with E-state index in [1.165, 1.54) is 34.5 Å². The Morgan fingerprint density at radius 2 is 2.00 bits per heavy atom. The summed E-state index contributed by atoms with van der Waals surface area (Å²) in [6.45, 7) is 1.79. The molecule has 1 amide bonds. The van der Waals surface area contributed by atoms with Crippen molar-refractivity contribution in [3.8, 4) is 5.69 Å². The molecule has 1 aliphatic carbocycles. The van der Waals surface area contributed by atoms with Crippen LogP contribution >= 0.6 is 23.4 Å². The molecule has 5 nitrogen and oxygen atoms in total. The highest BCUT2D eigenvalue weighted by atomic mass is 35.5. The van der Waals surface area contributed by atoms with E-state index in [2.05, 4.69) is 10.3 Å². The van der Waals surface area contributed by atoms with Crippen molar-refractivity contribution >= 4 is 40.2 Å². The lowest BCUT2D eigenvalue weighted by atomic mass is 10.2.